The van der Waals surface area contributed by atoms with E-state index in [0.29, 0.717) is 24.2 Å². The highest BCUT2D eigenvalue weighted by Crippen LogP contribution is 2.60. The summed E-state index contributed by atoms with van der Waals surface area (Å²) in [6, 6.07) is 0. The Morgan fingerprint density at radius 2 is 2.00 bits per heavy atom. The second-order valence-electron chi connectivity index (χ2n) is 7.27. The summed E-state index contributed by atoms with van der Waals surface area (Å²) >= 11 is 0. The van der Waals surface area contributed by atoms with Gasteiger partial charge in [0.2, 0.25) is 15.6 Å². The van der Waals surface area contributed by atoms with Gasteiger partial charge in [-0.05, 0) is 30.1 Å². The second kappa shape index (κ2) is 5.72. The number of esters is 1. The molecule has 2 bridgehead atoms. The summed E-state index contributed by atoms with van der Waals surface area (Å²) in [4.78, 5) is 12.0. The number of carbonyl (C=O) groups is 1. The summed E-state index contributed by atoms with van der Waals surface area (Å²) in [5.41, 5.74) is -3.00. The lowest BCUT2D eigenvalue weighted by molar-refractivity contribution is -0.208. The molecule has 3 atom stereocenters. The molecule has 1 N–H and O–H groups in total. The number of hydrogen-bond donors (Lipinski definition) is 1. The minimum atomic E-state index is -5.13. The zero-order valence-corrected chi connectivity index (χ0v) is 14.8. The molecule has 9 heteroatoms. The first-order chi connectivity index (χ1) is 10.7. The van der Waals surface area contributed by atoms with Crippen LogP contribution in [-0.2, 0) is 19.6 Å². The number of methoxy groups -OCH3 is 1. The van der Waals surface area contributed by atoms with E-state index in [9.17, 15) is 26.4 Å². The number of rotatable bonds is 5. The van der Waals surface area contributed by atoms with Gasteiger partial charge in [-0.25, -0.2) is 13.2 Å². The number of ether oxygens (including phenoxy) is 1. The molecule has 0 saturated heterocycles. The van der Waals surface area contributed by atoms with E-state index < -0.39 is 34.1 Å². The molecule has 3 rings (SSSR count). The van der Waals surface area contributed by atoms with Crippen LogP contribution in [-0.4, -0.2) is 39.5 Å². The van der Waals surface area contributed by atoms with E-state index in [1.807, 2.05) is 13.8 Å². The average Bonchev–Trinajstić information content (AvgIpc) is 2.42. The molecule has 0 heterocycles. The second-order valence-corrected chi connectivity index (χ2v) is 9.02. The maximum atomic E-state index is 13.8. The third kappa shape index (κ3) is 3.08. The number of fused-ring (bicyclic) bond motifs is 1. The van der Waals surface area contributed by atoms with Crippen LogP contribution in [0.15, 0.2) is 11.6 Å². The Labute approximate surface area is 139 Å². The molecule has 1 saturated carbocycles. The van der Waals surface area contributed by atoms with E-state index in [0.717, 1.165) is 13.5 Å². The number of nitrogens with one attached hydrogen (secondary N) is 1. The molecule has 1 fully saturated rings. The van der Waals surface area contributed by atoms with Crippen LogP contribution in [0.3, 0.4) is 0 Å². The fraction of sp³-hybridized carbons (Fsp3) is 0.800. The SMILES string of the molecule is COC(=O)[C@@](CC1=CC[C@H]2C[C@@H]1C2(C)C)(NS(C)(=O)=O)C(F)(F)F. The molecule has 24 heavy (non-hydrogen) atoms. The van der Waals surface area contributed by atoms with Crippen molar-refractivity contribution in [3.8, 4) is 0 Å². The lowest BCUT2D eigenvalue weighted by Crippen LogP contribution is -2.65. The zero-order valence-electron chi connectivity index (χ0n) is 14.0. The summed E-state index contributed by atoms with van der Waals surface area (Å²) in [5.74, 6) is -1.34. The highest BCUT2D eigenvalue weighted by Gasteiger charge is 2.65. The fourth-order valence-corrected chi connectivity index (χ4v) is 4.80. The van der Waals surface area contributed by atoms with Crippen LogP contribution in [0, 0.1) is 17.3 Å². The number of halogens is 3. The zero-order chi connectivity index (χ0) is 18.6. The molecule has 3 aliphatic rings. The van der Waals surface area contributed by atoms with Crippen molar-refractivity contribution in [2.75, 3.05) is 13.4 Å². The largest absolute Gasteiger partial charge is 0.467 e. The first-order valence-electron chi connectivity index (χ1n) is 7.57. The molecule has 0 unspecified atom stereocenters. The Bertz CT molecular complexity index is 669. The molecular formula is C15H22F3NO4S. The van der Waals surface area contributed by atoms with Crippen molar-refractivity contribution in [1.82, 2.24) is 4.72 Å². The average molecular weight is 369 g/mol. The lowest BCUT2D eigenvalue weighted by atomic mass is 9.48. The molecule has 0 amide bonds. The van der Waals surface area contributed by atoms with Crippen molar-refractivity contribution in [3.05, 3.63) is 11.6 Å². The van der Waals surface area contributed by atoms with Gasteiger partial charge in [0, 0.05) is 6.42 Å². The Hall–Kier alpha value is -1.09. The number of hydrogen-bond acceptors (Lipinski definition) is 4. The maximum absolute atomic E-state index is 13.8. The highest BCUT2D eigenvalue weighted by molar-refractivity contribution is 7.88. The van der Waals surface area contributed by atoms with Crippen molar-refractivity contribution in [2.45, 2.75) is 44.8 Å². The first-order valence-corrected chi connectivity index (χ1v) is 9.47. The van der Waals surface area contributed by atoms with Gasteiger partial charge in [-0.2, -0.15) is 17.9 Å². The van der Waals surface area contributed by atoms with Gasteiger partial charge < -0.3 is 4.74 Å². The monoisotopic (exact) mass is 369 g/mol. The molecule has 0 aromatic heterocycles. The van der Waals surface area contributed by atoms with E-state index in [4.69, 9.17) is 0 Å². The van der Waals surface area contributed by atoms with Crippen molar-refractivity contribution < 1.29 is 31.1 Å². The fourth-order valence-electron chi connectivity index (χ4n) is 3.90. The Morgan fingerprint density at radius 3 is 2.38 bits per heavy atom. The molecule has 5 nitrogen and oxygen atoms in total. The van der Waals surface area contributed by atoms with Gasteiger partial charge in [0.15, 0.2) is 0 Å². The van der Waals surface area contributed by atoms with Gasteiger partial charge in [0.05, 0.1) is 13.4 Å². The van der Waals surface area contributed by atoms with Crippen molar-refractivity contribution >= 4 is 16.0 Å². The summed E-state index contributed by atoms with van der Waals surface area (Å²) in [7, 11) is -3.49. The van der Waals surface area contributed by atoms with Crippen LogP contribution in [0.5, 0.6) is 0 Å². The van der Waals surface area contributed by atoms with E-state index in [-0.39, 0.29) is 11.3 Å². The smallest absolute Gasteiger partial charge is 0.418 e. The predicted octanol–water partition coefficient (Wildman–Crippen LogP) is 2.39. The van der Waals surface area contributed by atoms with Crippen LogP contribution in [0.2, 0.25) is 0 Å². The highest BCUT2D eigenvalue weighted by atomic mass is 32.2. The molecule has 3 aliphatic carbocycles. The van der Waals surface area contributed by atoms with Gasteiger partial charge in [-0.15, -0.1) is 0 Å². The van der Waals surface area contributed by atoms with Crippen molar-refractivity contribution in [2.24, 2.45) is 17.3 Å². The number of sulfonamides is 1. The van der Waals surface area contributed by atoms with Gasteiger partial charge in [0.1, 0.15) is 0 Å². The predicted molar refractivity (Wildman–Crippen MR) is 81.5 cm³/mol. The van der Waals surface area contributed by atoms with Crippen LogP contribution in [0.4, 0.5) is 13.2 Å². The van der Waals surface area contributed by atoms with Gasteiger partial charge >= 0.3 is 12.1 Å². The topological polar surface area (TPSA) is 72.5 Å². The third-order valence-corrected chi connectivity index (χ3v) is 6.15. The van der Waals surface area contributed by atoms with Gasteiger partial charge in [-0.1, -0.05) is 25.5 Å². The summed E-state index contributed by atoms with van der Waals surface area (Å²) in [6.07, 6.45) is -2.21. The van der Waals surface area contributed by atoms with Crippen molar-refractivity contribution in [1.29, 1.82) is 0 Å². The molecule has 0 radical (unpaired) electrons. The lowest BCUT2D eigenvalue weighted by Gasteiger charge is -2.57. The normalized spacial score (nSPS) is 28.4. The van der Waals surface area contributed by atoms with Crippen LogP contribution in [0.1, 0.15) is 33.1 Å². The molecule has 0 aromatic carbocycles. The van der Waals surface area contributed by atoms with E-state index in [2.05, 4.69) is 4.74 Å². The summed E-state index contributed by atoms with van der Waals surface area (Å²) in [5, 5.41) is 0. The number of alkyl halides is 3. The van der Waals surface area contributed by atoms with E-state index in [1.165, 1.54) is 4.72 Å². The minimum absolute atomic E-state index is 0.0935. The molecule has 0 aliphatic heterocycles. The number of allylic oxidation sites excluding steroid dienone is 1. The molecule has 0 aromatic rings. The summed E-state index contributed by atoms with van der Waals surface area (Å²) in [6.45, 7) is 3.96. The van der Waals surface area contributed by atoms with Gasteiger partial charge in [0.25, 0.3) is 0 Å². The van der Waals surface area contributed by atoms with Crippen LogP contribution in [0.25, 0.3) is 0 Å². The third-order valence-electron chi connectivity index (χ3n) is 5.43. The van der Waals surface area contributed by atoms with Crippen LogP contribution < -0.4 is 4.72 Å². The quantitative estimate of drug-likeness (QED) is 0.597. The molecular weight excluding hydrogens is 347 g/mol. The van der Waals surface area contributed by atoms with E-state index >= 15 is 0 Å². The van der Waals surface area contributed by atoms with Crippen molar-refractivity contribution in [3.63, 3.8) is 0 Å². The Morgan fingerprint density at radius 1 is 1.42 bits per heavy atom. The molecule has 138 valence electrons. The summed E-state index contributed by atoms with van der Waals surface area (Å²) < 4.78 is 70.2. The molecule has 0 spiro atoms. The minimum Gasteiger partial charge on any atom is -0.467 e. The standard InChI is InChI=1S/C15H22F3NO4S/c1-13(2)10-6-5-9(11(13)7-10)8-14(12(20)23-3,15(16,17)18)19-24(4,21)22/h5,10-11,19H,6-8H2,1-4H3/t10-,11-,14+/m0/s1. The van der Waals surface area contributed by atoms with Crippen LogP contribution >= 0.6 is 0 Å². The number of carbonyl (C=O) groups excluding carboxylic acids is 1. The van der Waals surface area contributed by atoms with E-state index in [1.54, 1.807) is 6.08 Å². The van der Waals surface area contributed by atoms with Gasteiger partial charge in [-0.3, -0.25) is 0 Å². The Kier molecular flexibility index (Phi) is 4.59. The maximum Gasteiger partial charge on any atom is 0.418 e. The Balaban J connectivity index is 2.46. The first kappa shape index (κ1) is 19.2.